The lowest BCUT2D eigenvalue weighted by molar-refractivity contribution is 0.219. The van der Waals surface area contributed by atoms with E-state index >= 15 is 0 Å². The number of rotatable bonds is 4. The maximum absolute atomic E-state index is 13.7. The van der Waals surface area contributed by atoms with Crippen LogP contribution < -0.4 is 4.74 Å². The topological polar surface area (TPSA) is 9.23 Å². The first-order valence-corrected chi connectivity index (χ1v) is 7.11. The molecule has 0 N–H and O–H groups in total. The molecule has 18 heavy (non-hydrogen) atoms. The van der Waals surface area contributed by atoms with E-state index in [-0.39, 0.29) is 11.2 Å². The summed E-state index contributed by atoms with van der Waals surface area (Å²) in [4.78, 5) is 0. The molecule has 0 saturated heterocycles. The summed E-state index contributed by atoms with van der Waals surface area (Å²) in [6.07, 6.45) is 6.97. The maximum Gasteiger partial charge on any atom is 0.165 e. The molecule has 0 aromatic heterocycles. The highest BCUT2D eigenvalue weighted by Crippen LogP contribution is 2.40. The molecule has 3 heteroatoms. The van der Waals surface area contributed by atoms with E-state index in [1.165, 1.54) is 26.4 Å². The number of halogens is 2. The minimum atomic E-state index is -0.282. The highest BCUT2D eigenvalue weighted by molar-refractivity contribution is 6.18. The molecule has 0 amide bonds. The number of ether oxygens (including phenoxy) is 1. The number of hydrogen-bond acceptors (Lipinski definition) is 1. The fourth-order valence-corrected chi connectivity index (χ4v) is 3.27. The molecule has 100 valence electrons. The Morgan fingerprint density at radius 2 is 2.00 bits per heavy atom. The predicted molar refractivity (Wildman–Crippen MR) is 72.9 cm³/mol. The second-order valence-electron chi connectivity index (χ2n) is 5.34. The van der Waals surface area contributed by atoms with Gasteiger partial charge in [-0.05, 0) is 42.4 Å². The number of methoxy groups -OCH3 is 1. The maximum atomic E-state index is 13.7. The largest absolute Gasteiger partial charge is 0.494 e. The van der Waals surface area contributed by atoms with Crippen molar-refractivity contribution in [2.45, 2.75) is 38.5 Å². The summed E-state index contributed by atoms with van der Waals surface area (Å²) < 4.78 is 18.6. The molecule has 0 atom stereocenters. The SMILES string of the molecule is COc1ccc(CC2(CCl)CCCCC2)cc1F. The standard InChI is InChI=1S/C15H20ClFO/c1-18-14-6-5-12(9-13(14)17)10-15(11-16)7-3-2-4-8-15/h5-6,9H,2-4,7-8,10-11H2,1H3. The summed E-state index contributed by atoms with van der Waals surface area (Å²) in [5, 5.41) is 0. The molecule has 2 rings (SSSR count). The minimum Gasteiger partial charge on any atom is -0.494 e. The van der Waals surface area contributed by atoms with Gasteiger partial charge >= 0.3 is 0 Å². The van der Waals surface area contributed by atoms with E-state index in [1.807, 2.05) is 6.07 Å². The molecular formula is C15H20ClFO. The summed E-state index contributed by atoms with van der Waals surface area (Å²) in [6.45, 7) is 0. The van der Waals surface area contributed by atoms with Gasteiger partial charge in [-0.15, -0.1) is 11.6 Å². The van der Waals surface area contributed by atoms with Gasteiger partial charge in [0.25, 0.3) is 0 Å². The molecule has 0 aliphatic heterocycles. The lowest BCUT2D eigenvalue weighted by Gasteiger charge is -2.35. The third-order valence-corrected chi connectivity index (χ3v) is 4.56. The quantitative estimate of drug-likeness (QED) is 0.729. The van der Waals surface area contributed by atoms with E-state index in [2.05, 4.69) is 0 Å². The first-order chi connectivity index (χ1) is 8.69. The molecular weight excluding hydrogens is 251 g/mol. The average Bonchev–Trinajstić information content (AvgIpc) is 2.40. The van der Waals surface area contributed by atoms with Crippen molar-refractivity contribution in [3.63, 3.8) is 0 Å². The van der Waals surface area contributed by atoms with Crippen LogP contribution in [0.15, 0.2) is 18.2 Å². The van der Waals surface area contributed by atoms with E-state index in [9.17, 15) is 4.39 Å². The zero-order valence-electron chi connectivity index (χ0n) is 10.8. The summed E-state index contributed by atoms with van der Waals surface area (Å²) in [6, 6.07) is 5.24. The Morgan fingerprint density at radius 3 is 2.56 bits per heavy atom. The first kappa shape index (κ1) is 13.7. The van der Waals surface area contributed by atoms with Gasteiger partial charge in [-0.2, -0.15) is 0 Å². The summed E-state index contributed by atoms with van der Waals surface area (Å²) in [5.74, 6) is 0.693. The van der Waals surface area contributed by atoms with Gasteiger partial charge in [0.15, 0.2) is 11.6 Å². The van der Waals surface area contributed by atoms with Crippen LogP contribution in [0.3, 0.4) is 0 Å². The molecule has 1 saturated carbocycles. The number of hydrogen-bond donors (Lipinski definition) is 0. The fourth-order valence-electron chi connectivity index (χ4n) is 2.91. The lowest BCUT2D eigenvalue weighted by Crippen LogP contribution is -2.28. The fraction of sp³-hybridized carbons (Fsp3) is 0.600. The monoisotopic (exact) mass is 270 g/mol. The Hall–Kier alpha value is -0.760. The van der Waals surface area contributed by atoms with Crippen LogP contribution in [0.25, 0.3) is 0 Å². The first-order valence-electron chi connectivity index (χ1n) is 6.57. The van der Waals surface area contributed by atoms with Gasteiger partial charge in [0, 0.05) is 5.88 Å². The zero-order valence-corrected chi connectivity index (χ0v) is 11.6. The van der Waals surface area contributed by atoms with Gasteiger partial charge in [-0.3, -0.25) is 0 Å². The highest BCUT2D eigenvalue weighted by Gasteiger charge is 2.31. The molecule has 1 aromatic carbocycles. The molecule has 0 unspecified atom stereocenters. The molecule has 1 aliphatic rings. The van der Waals surface area contributed by atoms with Crippen molar-refractivity contribution in [3.05, 3.63) is 29.6 Å². The van der Waals surface area contributed by atoms with E-state index in [0.29, 0.717) is 11.6 Å². The summed E-state index contributed by atoms with van der Waals surface area (Å²) >= 11 is 6.17. The van der Waals surface area contributed by atoms with Crippen molar-refractivity contribution in [1.82, 2.24) is 0 Å². The van der Waals surface area contributed by atoms with Gasteiger partial charge < -0.3 is 4.74 Å². The Bertz CT molecular complexity index is 399. The van der Waals surface area contributed by atoms with Crippen LogP contribution in [-0.2, 0) is 6.42 Å². The second-order valence-corrected chi connectivity index (χ2v) is 5.61. The van der Waals surface area contributed by atoms with Crippen molar-refractivity contribution < 1.29 is 9.13 Å². The van der Waals surface area contributed by atoms with Gasteiger partial charge in [0.1, 0.15) is 0 Å². The smallest absolute Gasteiger partial charge is 0.165 e. The average molecular weight is 271 g/mol. The summed E-state index contributed by atoms with van der Waals surface area (Å²) in [5.41, 5.74) is 1.19. The van der Waals surface area contributed by atoms with Crippen LogP contribution in [0, 0.1) is 11.2 Å². The van der Waals surface area contributed by atoms with Crippen molar-refractivity contribution in [3.8, 4) is 5.75 Å². The Labute approximate surface area is 113 Å². The van der Waals surface area contributed by atoms with Gasteiger partial charge in [0.05, 0.1) is 7.11 Å². The van der Waals surface area contributed by atoms with Crippen molar-refractivity contribution in [2.24, 2.45) is 5.41 Å². The van der Waals surface area contributed by atoms with Crippen molar-refractivity contribution in [2.75, 3.05) is 13.0 Å². The molecule has 1 aromatic rings. The van der Waals surface area contributed by atoms with Crippen LogP contribution in [0.4, 0.5) is 4.39 Å². The molecule has 1 fully saturated rings. The van der Waals surface area contributed by atoms with Crippen LogP contribution in [0.2, 0.25) is 0 Å². The van der Waals surface area contributed by atoms with Gasteiger partial charge in [-0.1, -0.05) is 25.3 Å². The molecule has 0 radical (unpaired) electrons. The van der Waals surface area contributed by atoms with Crippen LogP contribution >= 0.6 is 11.6 Å². The molecule has 0 heterocycles. The zero-order chi connectivity index (χ0) is 13.0. The van der Waals surface area contributed by atoms with Crippen LogP contribution in [-0.4, -0.2) is 13.0 Å². The Balaban J connectivity index is 2.14. The normalized spacial score (nSPS) is 18.6. The second kappa shape index (κ2) is 5.92. The third kappa shape index (κ3) is 2.97. The number of benzene rings is 1. The van der Waals surface area contributed by atoms with Gasteiger partial charge in [0.2, 0.25) is 0 Å². The van der Waals surface area contributed by atoms with Crippen molar-refractivity contribution in [1.29, 1.82) is 0 Å². The summed E-state index contributed by atoms with van der Waals surface area (Å²) in [7, 11) is 1.49. The van der Waals surface area contributed by atoms with E-state index in [0.717, 1.165) is 24.8 Å². The molecule has 1 nitrogen and oxygen atoms in total. The minimum absolute atomic E-state index is 0.167. The molecule has 0 spiro atoms. The lowest BCUT2D eigenvalue weighted by atomic mass is 9.72. The third-order valence-electron chi connectivity index (χ3n) is 3.99. The van der Waals surface area contributed by atoms with Crippen LogP contribution in [0.1, 0.15) is 37.7 Å². The molecule has 0 bridgehead atoms. The number of alkyl halides is 1. The van der Waals surface area contributed by atoms with Crippen molar-refractivity contribution >= 4 is 11.6 Å². The van der Waals surface area contributed by atoms with E-state index in [1.54, 1.807) is 12.1 Å². The van der Waals surface area contributed by atoms with Gasteiger partial charge in [-0.25, -0.2) is 4.39 Å². The Morgan fingerprint density at radius 1 is 1.28 bits per heavy atom. The molecule has 1 aliphatic carbocycles. The van der Waals surface area contributed by atoms with E-state index < -0.39 is 0 Å². The Kier molecular flexibility index (Phi) is 4.50. The predicted octanol–water partition coefficient (Wildman–Crippen LogP) is 4.57. The van der Waals surface area contributed by atoms with E-state index in [4.69, 9.17) is 16.3 Å². The highest BCUT2D eigenvalue weighted by atomic mass is 35.5. The van der Waals surface area contributed by atoms with Crippen LogP contribution in [0.5, 0.6) is 5.75 Å².